The van der Waals surface area contributed by atoms with Crippen molar-refractivity contribution in [3.05, 3.63) is 47.0 Å². The highest BCUT2D eigenvalue weighted by atomic mass is 35.5. The number of carbonyl (C=O) groups excluding carboxylic acids is 1. The Morgan fingerprint density at radius 2 is 1.93 bits per heavy atom. The van der Waals surface area contributed by atoms with Crippen LogP contribution in [0.25, 0.3) is 5.65 Å². The third kappa shape index (κ3) is 4.16. The second kappa shape index (κ2) is 7.58. The van der Waals surface area contributed by atoms with Crippen LogP contribution in [-0.4, -0.2) is 37.6 Å². The van der Waals surface area contributed by atoms with Crippen molar-refractivity contribution in [1.82, 2.24) is 24.9 Å². The smallest absolute Gasteiger partial charge is 0.368 e. The zero-order chi connectivity index (χ0) is 20.6. The van der Waals surface area contributed by atoms with E-state index in [1.165, 1.54) is 16.7 Å². The molecule has 0 unspecified atom stereocenters. The second-order valence-corrected chi connectivity index (χ2v) is 7.41. The van der Waals surface area contributed by atoms with Crippen molar-refractivity contribution in [2.24, 2.45) is 0 Å². The van der Waals surface area contributed by atoms with Gasteiger partial charge in [-0.15, -0.1) is 0 Å². The summed E-state index contributed by atoms with van der Waals surface area (Å²) in [6.45, 7) is 0. The van der Waals surface area contributed by atoms with Crippen LogP contribution in [0.3, 0.4) is 0 Å². The molecule has 1 aliphatic rings. The molecule has 4 rings (SSSR count). The molecule has 154 valence electrons. The Kier molecular flexibility index (Phi) is 5.12. The maximum absolute atomic E-state index is 12.9. The molecule has 0 aliphatic heterocycles. The lowest BCUT2D eigenvalue weighted by molar-refractivity contribution is -0.140. The quantitative estimate of drug-likeness (QED) is 0.590. The molecule has 1 amide bonds. The number of carbonyl (C=O) groups is 1. The molecule has 0 bridgehead atoms. The van der Waals surface area contributed by atoms with Gasteiger partial charge in [0.1, 0.15) is 16.6 Å². The number of nitrogens with one attached hydrogen (secondary N) is 3. The summed E-state index contributed by atoms with van der Waals surface area (Å²) in [5.74, 6) is 0.284. The first-order valence-corrected chi connectivity index (χ1v) is 9.50. The molecule has 0 spiro atoms. The van der Waals surface area contributed by atoms with Crippen LogP contribution in [0.1, 0.15) is 41.7 Å². The van der Waals surface area contributed by atoms with Crippen molar-refractivity contribution < 1.29 is 18.0 Å². The number of anilines is 1. The Morgan fingerprint density at radius 1 is 1.21 bits per heavy atom. The number of hydrogen-bond acceptors (Lipinski definition) is 4. The van der Waals surface area contributed by atoms with Crippen molar-refractivity contribution in [3.63, 3.8) is 0 Å². The summed E-state index contributed by atoms with van der Waals surface area (Å²) in [5, 5.41) is 12.7. The second-order valence-electron chi connectivity index (χ2n) is 7.03. The van der Waals surface area contributed by atoms with Gasteiger partial charge < -0.3 is 10.6 Å². The number of imidazole rings is 1. The standard InChI is InChI=1S/C18H18ClF3N6O/c19-16-12(8-23-27-16)17(29)25-11-6-4-10(5-7-11)24-14-2-1-3-15-26-13(9-28(14)15)18(20,21)22/h1-3,8-11,24H,4-7H2,(H,23,27)(H,25,29). The molecule has 1 saturated carbocycles. The summed E-state index contributed by atoms with van der Waals surface area (Å²) < 4.78 is 40.3. The van der Waals surface area contributed by atoms with Crippen LogP contribution < -0.4 is 10.6 Å². The zero-order valence-corrected chi connectivity index (χ0v) is 15.9. The minimum absolute atomic E-state index is 0.00684. The largest absolute Gasteiger partial charge is 0.434 e. The summed E-state index contributed by atoms with van der Waals surface area (Å²) in [7, 11) is 0. The predicted molar refractivity (Wildman–Crippen MR) is 101 cm³/mol. The fraction of sp³-hybridized carbons (Fsp3) is 0.389. The number of H-pyrrole nitrogens is 1. The molecule has 1 fully saturated rings. The SMILES string of the molecule is O=C(NC1CCC(Nc2cccc3nc(C(F)(F)F)cn23)CC1)c1cn[nH]c1Cl. The van der Waals surface area contributed by atoms with Crippen molar-refractivity contribution in [3.8, 4) is 0 Å². The first-order valence-electron chi connectivity index (χ1n) is 9.13. The molecule has 3 aromatic heterocycles. The van der Waals surface area contributed by atoms with Crippen LogP contribution in [-0.2, 0) is 6.18 Å². The van der Waals surface area contributed by atoms with Crippen LogP contribution in [0, 0.1) is 0 Å². The highest BCUT2D eigenvalue weighted by Gasteiger charge is 2.34. The lowest BCUT2D eigenvalue weighted by Gasteiger charge is -2.30. The van der Waals surface area contributed by atoms with Crippen LogP contribution in [0.4, 0.5) is 19.0 Å². The summed E-state index contributed by atoms with van der Waals surface area (Å²) in [6, 6.07) is 5.03. The maximum Gasteiger partial charge on any atom is 0.434 e. The predicted octanol–water partition coefficient (Wildman–Crippen LogP) is 3.88. The van der Waals surface area contributed by atoms with E-state index in [1.807, 2.05) is 0 Å². The van der Waals surface area contributed by atoms with Gasteiger partial charge in [0.25, 0.3) is 5.91 Å². The number of aromatic amines is 1. The van der Waals surface area contributed by atoms with Gasteiger partial charge in [0.15, 0.2) is 5.69 Å². The Hall–Kier alpha value is -2.75. The molecule has 0 saturated heterocycles. The molecule has 29 heavy (non-hydrogen) atoms. The van der Waals surface area contributed by atoms with Gasteiger partial charge >= 0.3 is 6.18 Å². The van der Waals surface area contributed by atoms with Gasteiger partial charge in [0.2, 0.25) is 0 Å². The van der Waals surface area contributed by atoms with E-state index in [4.69, 9.17) is 11.6 Å². The molecule has 1 aliphatic carbocycles. The lowest BCUT2D eigenvalue weighted by Crippen LogP contribution is -2.40. The summed E-state index contributed by atoms with van der Waals surface area (Å²) in [5.41, 5.74) is -0.379. The van der Waals surface area contributed by atoms with Crippen LogP contribution >= 0.6 is 11.6 Å². The van der Waals surface area contributed by atoms with E-state index in [2.05, 4.69) is 25.8 Å². The molecule has 0 radical (unpaired) electrons. The molecule has 3 heterocycles. The molecular weight excluding hydrogens is 409 g/mol. The Balaban J connectivity index is 1.38. The average Bonchev–Trinajstić information content (AvgIpc) is 3.30. The van der Waals surface area contributed by atoms with Gasteiger partial charge in [-0.1, -0.05) is 17.7 Å². The number of rotatable bonds is 4. The number of nitrogens with zero attached hydrogens (tertiary/aromatic N) is 3. The highest BCUT2D eigenvalue weighted by molar-refractivity contribution is 6.32. The van der Waals surface area contributed by atoms with E-state index in [1.54, 1.807) is 12.1 Å². The summed E-state index contributed by atoms with van der Waals surface area (Å²) in [4.78, 5) is 15.9. The van der Waals surface area contributed by atoms with E-state index in [0.717, 1.165) is 31.9 Å². The monoisotopic (exact) mass is 426 g/mol. The minimum Gasteiger partial charge on any atom is -0.368 e. The molecule has 7 nitrogen and oxygen atoms in total. The number of fused-ring (bicyclic) bond motifs is 1. The van der Waals surface area contributed by atoms with Gasteiger partial charge in [0.05, 0.1) is 11.8 Å². The van der Waals surface area contributed by atoms with Gasteiger partial charge in [-0.3, -0.25) is 14.3 Å². The van der Waals surface area contributed by atoms with E-state index < -0.39 is 11.9 Å². The fourth-order valence-electron chi connectivity index (χ4n) is 3.55. The first-order chi connectivity index (χ1) is 13.8. The summed E-state index contributed by atoms with van der Waals surface area (Å²) in [6.07, 6.45) is 0.906. The van der Waals surface area contributed by atoms with E-state index in [0.29, 0.717) is 11.4 Å². The van der Waals surface area contributed by atoms with Gasteiger partial charge in [0, 0.05) is 18.3 Å². The van der Waals surface area contributed by atoms with E-state index >= 15 is 0 Å². The molecular formula is C18H18ClF3N6O. The van der Waals surface area contributed by atoms with Crippen molar-refractivity contribution in [2.75, 3.05) is 5.32 Å². The molecule has 3 aromatic rings. The summed E-state index contributed by atoms with van der Waals surface area (Å²) >= 11 is 5.88. The minimum atomic E-state index is -4.49. The Morgan fingerprint density at radius 3 is 2.59 bits per heavy atom. The number of pyridine rings is 1. The number of alkyl halides is 3. The van der Waals surface area contributed by atoms with Crippen LogP contribution in [0.15, 0.2) is 30.6 Å². The fourth-order valence-corrected chi connectivity index (χ4v) is 3.73. The number of amides is 1. The Bertz CT molecular complexity index is 1020. The normalized spacial score (nSPS) is 20.0. The molecule has 0 atom stereocenters. The lowest BCUT2D eigenvalue weighted by atomic mass is 9.91. The van der Waals surface area contributed by atoms with Crippen molar-refractivity contribution in [2.45, 2.75) is 43.9 Å². The van der Waals surface area contributed by atoms with Gasteiger partial charge in [-0.05, 0) is 37.8 Å². The van der Waals surface area contributed by atoms with Gasteiger partial charge in [-0.25, -0.2) is 4.98 Å². The average molecular weight is 427 g/mol. The number of hydrogen-bond donors (Lipinski definition) is 3. The number of halogens is 4. The zero-order valence-electron chi connectivity index (χ0n) is 15.1. The topological polar surface area (TPSA) is 87.1 Å². The molecule has 0 aromatic carbocycles. The van der Waals surface area contributed by atoms with Crippen LogP contribution in [0.5, 0.6) is 0 Å². The number of aromatic nitrogens is 4. The van der Waals surface area contributed by atoms with Crippen LogP contribution in [0.2, 0.25) is 5.15 Å². The third-order valence-electron chi connectivity index (χ3n) is 5.03. The molecule has 11 heteroatoms. The Labute approximate surface area is 168 Å². The van der Waals surface area contributed by atoms with Gasteiger partial charge in [-0.2, -0.15) is 18.3 Å². The molecule has 3 N–H and O–H groups in total. The van der Waals surface area contributed by atoms with E-state index in [-0.39, 0.29) is 28.8 Å². The maximum atomic E-state index is 12.9. The first kappa shape index (κ1) is 19.6. The van der Waals surface area contributed by atoms with Crippen molar-refractivity contribution in [1.29, 1.82) is 0 Å². The highest BCUT2D eigenvalue weighted by Crippen LogP contribution is 2.30. The van der Waals surface area contributed by atoms with Crippen molar-refractivity contribution >= 4 is 29.0 Å². The third-order valence-corrected chi connectivity index (χ3v) is 5.32. The van der Waals surface area contributed by atoms with E-state index in [9.17, 15) is 18.0 Å².